The van der Waals surface area contributed by atoms with Gasteiger partial charge in [-0.05, 0) is 29.7 Å². The van der Waals surface area contributed by atoms with Crippen molar-refractivity contribution >= 4 is 11.2 Å². The minimum atomic E-state index is -0.380. The third-order valence-corrected chi connectivity index (χ3v) is 5.58. The molecule has 2 heterocycles. The average molecular weight is 422 g/mol. The zero-order valence-electron chi connectivity index (χ0n) is 17.5. The van der Waals surface area contributed by atoms with Gasteiger partial charge in [-0.3, -0.25) is 9.36 Å². The summed E-state index contributed by atoms with van der Waals surface area (Å²) in [6.07, 6.45) is 2.22. The van der Waals surface area contributed by atoms with Crippen LogP contribution in [0.5, 0.6) is 0 Å². The number of aromatic nitrogens is 4. The van der Waals surface area contributed by atoms with E-state index in [0.717, 1.165) is 11.1 Å². The first-order chi connectivity index (χ1) is 15.7. The summed E-state index contributed by atoms with van der Waals surface area (Å²) in [7, 11) is 0. The van der Waals surface area contributed by atoms with Gasteiger partial charge in [-0.25, -0.2) is 14.3 Å². The second kappa shape index (κ2) is 8.51. The minimum Gasteiger partial charge on any atom is -0.320 e. The van der Waals surface area contributed by atoms with Gasteiger partial charge in [0.05, 0.1) is 12.0 Å². The van der Waals surface area contributed by atoms with E-state index in [2.05, 4.69) is 4.98 Å². The van der Waals surface area contributed by atoms with Gasteiger partial charge in [0, 0.05) is 13.1 Å². The van der Waals surface area contributed by atoms with Crippen LogP contribution in [0.3, 0.4) is 0 Å². The summed E-state index contributed by atoms with van der Waals surface area (Å²) in [5, 5.41) is 0. The van der Waals surface area contributed by atoms with Gasteiger partial charge in [0.15, 0.2) is 11.2 Å². The Hall–Kier alpha value is -4.19. The summed E-state index contributed by atoms with van der Waals surface area (Å²) in [6, 6.07) is 29.1. The number of hydrogen-bond donors (Lipinski definition) is 0. The van der Waals surface area contributed by atoms with Crippen LogP contribution in [0.4, 0.5) is 0 Å². The van der Waals surface area contributed by atoms with Crippen LogP contribution in [0.2, 0.25) is 0 Å². The molecule has 5 aromatic rings. The van der Waals surface area contributed by atoms with Crippen LogP contribution in [0.15, 0.2) is 107 Å². The van der Waals surface area contributed by atoms with Crippen molar-refractivity contribution in [2.45, 2.75) is 19.5 Å². The Bertz CT molecular complexity index is 1470. The predicted octanol–water partition coefficient (Wildman–Crippen LogP) is 3.64. The quantitative estimate of drug-likeness (QED) is 0.420. The van der Waals surface area contributed by atoms with Gasteiger partial charge in [0.2, 0.25) is 0 Å². The van der Waals surface area contributed by atoms with Crippen LogP contribution >= 0.6 is 0 Å². The molecule has 32 heavy (non-hydrogen) atoms. The molecule has 0 saturated heterocycles. The van der Waals surface area contributed by atoms with Crippen LogP contribution in [-0.2, 0) is 19.5 Å². The normalized spacial score (nSPS) is 11.1. The Labute approximate surface area is 184 Å². The van der Waals surface area contributed by atoms with E-state index in [1.54, 1.807) is 6.33 Å². The Morgan fingerprint density at radius 2 is 1.31 bits per heavy atom. The molecule has 0 radical (unpaired) electrons. The highest BCUT2D eigenvalue weighted by molar-refractivity contribution is 5.72. The van der Waals surface area contributed by atoms with E-state index < -0.39 is 0 Å². The molecule has 0 unspecified atom stereocenters. The Morgan fingerprint density at radius 3 is 1.97 bits per heavy atom. The summed E-state index contributed by atoms with van der Waals surface area (Å²) < 4.78 is 4.68. The van der Waals surface area contributed by atoms with Gasteiger partial charge in [-0.1, -0.05) is 78.9 Å². The van der Waals surface area contributed by atoms with Crippen LogP contribution in [0, 0.1) is 0 Å². The summed E-state index contributed by atoms with van der Waals surface area (Å²) >= 11 is 0. The smallest absolute Gasteiger partial charge is 0.320 e. The Morgan fingerprint density at radius 1 is 0.719 bits per heavy atom. The lowest BCUT2D eigenvalue weighted by Gasteiger charge is -2.13. The molecule has 6 heteroatoms. The average Bonchev–Trinajstić information content (AvgIpc) is 3.24. The maximum atomic E-state index is 13.5. The molecule has 5 rings (SSSR count). The summed E-state index contributed by atoms with van der Waals surface area (Å²) in [4.78, 5) is 31.5. The van der Waals surface area contributed by atoms with Gasteiger partial charge in [0.1, 0.15) is 0 Å². The van der Waals surface area contributed by atoms with E-state index in [9.17, 15) is 9.59 Å². The number of aryl methyl sites for hydroxylation is 1. The zero-order chi connectivity index (χ0) is 21.9. The maximum Gasteiger partial charge on any atom is 0.337 e. The monoisotopic (exact) mass is 422 g/mol. The van der Waals surface area contributed by atoms with Crippen molar-refractivity contribution in [1.29, 1.82) is 0 Å². The molecular weight excluding hydrogens is 400 g/mol. The van der Waals surface area contributed by atoms with E-state index in [1.807, 2.05) is 95.6 Å². The molecule has 0 bridgehead atoms. The second-order valence-electron chi connectivity index (χ2n) is 7.68. The molecule has 0 aliphatic heterocycles. The Balaban J connectivity index is 1.69. The molecule has 2 aromatic heterocycles. The number of nitrogens with zero attached hydrogens (tertiary/aromatic N) is 4. The summed E-state index contributed by atoms with van der Waals surface area (Å²) in [5.74, 6) is 0. The molecule has 0 N–H and O–H groups in total. The van der Waals surface area contributed by atoms with Crippen molar-refractivity contribution in [3.63, 3.8) is 0 Å². The number of imidazole rings is 1. The van der Waals surface area contributed by atoms with E-state index in [-0.39, 0.29) is 11.2 Å². The SMILES string of the molecule is O=c1c2c(ncn2Cc2ccccc2)n(-c2ccccc2)c(=O)n1CCc1ccccc1. The number of para-hydroxylation sites is 1. The number of fused-ring (bicyclic) bond motifs is 1. The topological polar surface area (TPSA) is 61.8 Å². The number of rotatable bonds is 6. The van der Waals surface area contributed by atoms with Crippen molar-refractivity contribution in [3.05, 3.63) is 129 Å². The van der Waals surface area contributed by atoms with Crippen molar-refractivity contribution in [1.82, 2.24) is 18.7 Å². The predicted molar refractivity (Wildman–Crippen MR) is 125 cm³/mol. The first kappa shape index (κ1) is 19.8. The van der Waals surface area contributed by atoms with Crippen LogP contribution in [0.25, 0.3) is 16.9 Å². The number of benzene rings is 3. The molecule has 0 aliphatic rings. The summed E-state index contributed by atoms with van der Waals surface area (Å²) in [5.41, 5.74) is 2.91. The largest absolute Gasteiger partial charge is 0.337 e. The zero-order valence-corrected chi connectivity index (χ0v) is 17.5. The third kappa shape index (κ3) is 3.67. The molecule has 0 saturated carbocycles. The molecule has 0 aliphatic carbocycles. The molecule has 0 fully saturated rings. The van der Waals surface area contributed by atoms with E-state index in [4.69, 9.17) is 0 Å². The van der Waals surface area contributed by atoms with Crippen LogP contribution in [-0.4, -0.2) is 18.7 Å². The van der Waals surface area contributed by atoms with Crippen LogP contribution < -0.4 is 11.2 Å². The fourth-order valence-corrected chi connectivity index (χ4v) is 3.97. The lowest BCUT2D eigenvalue weighted by atomic mass is 10.1. The fraction of sp³-hybridized carbons (Fsp3) is 0.115. The maximum absolute atomic E-state index is 13.5. The van der Waals surface area contributed by atoms with E-state index in [0.29, 0.717) is 36.4 Å². The van der Waals surface area contributed by atoms with Gasteiger partial charge in [-0.2, -0.15) is 0 Å². The lowest BCUT2D eigenvalue weighted by molar-refractivity contribution is 0.615. The molecule has 0 amide bonds. The van der Waals surface area contributed by atoms with Crippen LogP contribution in [0.1, 0.15) is 11.1 Å². The van der Waals surface area contributed by atoms with E-state index in [1.165, 1.54) is 9.13 Å². The molecule has 6 nitrogen and oxygen atoms in total. The second-order valence-corrected chi connectivity index (χ2v) is 7.68. The third-order valence-electron chi connectivity index (χ3n) is 5.58. The standard InChI is InChI=1S/C26H22N4O2/c31-25-23-24(27-19-28(23)18-21-12-6-2-7-13-21)30(22-14-8-3-9-15-22)26(32)29(25)17-16-20-10-4-1-5-11-20/h1-15,19H,16-18H2. The first-order valence-corrected chi connectivity index (χ1v) is 10.6. The highest BCUT2D eigenvalue weighted by Crippen LogP contribution is 2.14. The molecule has 0 spiro atoms. The van der Waals surface area contributed by atoms with Crippen molar-refractivity contribution in [2.75, 3.05) is 0 Å². The van der Waals surface area contributed by atoms with Crippen molar-refractivity contribution < 1.29 is 0 Å². The van der Waals surface area contributed by atoms with Crippen molar-refractivity contribution in [2.24, 2.45) is 0 Å². The lowest BCUT2D eigenvalue weighted by Crippen LogP contribution is -2.40. The number of hydrogen-bond acceptors (Lipinski definition) is 3. The van der Waals surface area contributed by atoms with Gasteiger partial charge in [0.25, 0.3) is 5.56 Å². The first-order valence-electron chi connectivity index (χ1n) is 10.6. The van der Waals surface area contributed by atoms with E-state index >= 15 is 0 Å². The molecule has 3 aromatic carbocycles. The fourth-order valence-electron chi connectivity index (χ4n) is 3.97. The van der Waals surface area contributed by atoms with Gasteiger partial charge in [-0.15, -0.1) is 0 Å². The molecule has 0 atom stereocenters. The highest BCUT2D eigenvalue weighted by atomic mass is 16.2. The molecular formula is C26H22N4O2. The highest BCUT2D eigenvalue weighted by Gasteiger charge is 2.19. The van der Waals surface area contributed by atoms with Gasteiger partial charge < -0.3 is 4.57 Å². The van der Waals surface area contributed by atoms with Gasteiger partial charge >= 0.3 is 5.69 Å². The van der Waals surface area contributed by atoms with Crippen molar-refractivity contribution in [3.8, 4) is 5.69 Å². The summed E-state index contributed by atoms with van der Waals surface area (Å²) in [6.45, 7) is 0.791. The molecule has 158 valence electrons. The minimum absolute atomic E-state index is 0.293. The Kier molecular flexibility index (Phi) is 5.25.